The second kappa shape index (κ2) is 13.4. The maximum absolute atomic E-state index is 12.3. The molecule has 1 amide bonds. The van der Waals surface area contributed by atoms with Crippen molar-refractivity contribution in [3.63, 3.8) is 0 Å². The van der Waals surface area contributed by atoms with Gasteiger partial charge in [0.2, 0.25) is 5.91 Å². The Hall–Kier alpha value is -2.87. The zero-order valence-electron chi connectivity index (χ0n) is 17.9. The number of nitrogens with zero attached hydrogens (tertiary/aromatic N) is 1. The fraction of sp³-hybridized carbons (Fsp3) is 0.522. The van der Waals surface area contributed by atoms with Gasteiger partial charge in [0, 0.05) is 13.1 Å². The van der Waals surface area contributed by atoms with Crippen molar-refractivity contribution in [1.29, 1.82) is 0 Å². The lowest BCUT2D eigenvalue weighted by Crippen LogP contribution is -2.32. The monoisotopic (exact) mass is 431 g/mol. The lowest BCUT2D eigenvalue weighted by molar-refractivity contribution is -0.159. The number of carbonyl (C=O) groups is 3. The first-order valence-corrected chi connectivity index (χ1v) is 11.0. The molecular formula is C23H33N3O5. The first-order valence-electron chi connectivity index (χ1n) is 11.0. The largest absolute Gasteiger partial charge is 0.473 e. The van der Waals surface area contributed by atoms with E-state index >= 15 is 0 Å². The van der Waals surface area contributed by atoms with E-state index in [1.807, 2.05) is 12.1 Å². The summed E-state index contributed by atoms with van der Waals surface area (Å²) in [6.07, 6.45) is 12.3. The van der Waals surface area contributed by atoms with Crippen molar-refractivity contribution in [1.82, 2.24) is 5.32 Å². The van der Waals surface area contributed by atoms with E-state index in [-0.39, 0.29) is 5.91 Å². The minimum atomic E-state index is -1.82. The summed E-state index contributed by atoms with van der Waals surface area (Å²) in [6, 6.07) is 8.17. The van der Waals surface area contributed by atoms with Gasteiger partial charge in [-0.05, 0) is 70.0 Å². The normalized spacial score (nSPS) is 15.9. The molecule has 170 valence electrons. The van der Waals surface area contributed by atoms with Crippen LogP contribution in [0.3, 0.4) is 0 Å². The van der Waals surface area contributed by atoms with Crippen LogP contribution in [0.4, 0.5) is 11.4 Å². The van der Waals surface area contributed by atoms with Crippen LogP contribution in [0.2, 0.25) is 0 Å². The van der Waals surface area contributed by atoms with Gasteiger partial charge in [0.15, 0.2) is 0 Å². The highest BCUT2D eigenvalue weighted by Crippen LogP contribution is 2.28. The quantitative estimate of drug-likeness (QED) is 0.297. The standard InChI is InChI=1S/C21H31N3O.C2H2O4/c25-21(17-22-14-13-18-9-3-1-4-10-18)23-19-11-5-6-12-20(19)24-15-7-2-8-16-24;3-1(4)2(5)6/h5-6,9,11-12,22H,1-4,7-8,10,13-17H2,(H,23,25);(H,3,4)(H,5,6). The van der Waals surface area contributed by atoms with Crippen LogP contribution in [0.5, 0.6) is 0 Å². The number of carboxylic acid groups (broad SMARTS) is 2. The number of carbonyl (C=O) groups excluding carboxylic acids is 1. The molecule has 0 bridgehead atoms. The molecule has 1 heterocycles. The number of para-hydroxylation sites is 2. The summed E-state index contributed by atoms with van der Waals surface area (Å²) in [5, 5.41) is 21.2. The number of benzene rings is 1. The van der Waals surface area contributed by atoms with E-state index in [0.29, 0.717) is 6.54 Å². The van der Waals surface area contributed by atoms with E-state index in [1.165, 1.54) is 44.9 Å². The third-order valence-electron chi connectivity index (χ3n) is 5.35. The molecule has 1 aromatic carbocycles. The molecule has 1 aliphatic carbocycles. The van der Waals surface area contributed by atoms with E-state index in [0.717, 1.165) is 37.4 Å². The van der Waals surface area contributed by atoms with Crippen LogP contribution in [-0.4, -0.2) is 54.2 Å². The first kappa shape index (κ1) is 24.4. The zero-order valence-corrected chi connectivity index (χ0v) is 17.9. The molecule has 0 radical (unpaired) electrons. The van der Waals surface area contributed by atoms with Gasteiger partial charge in [0.1, 0.15) is 0 Å². The van der Waals surface area contributed by atoms with Gasteiger partial charge < -0.3 is 25.7 Å². The third-order valence-corrected chi connectivity index (χ3v) is 5.35. The Balaban J connectivity index is 0.000000501. The summed E-state index contributed by atoms with van der Waals surface area (Å²) >= 11 is 0. The molecule has 4 N–H and O–H groups in total. The van der Waals surface area contributed by atoms with Gasteiger partial charge in [-0.2, -0.15) is 0 Å². The molecule has 8 nitrogen and oxygen atoms in total. The molecule has 1 aliphatic heterocycles. The molecule has 1 saturated heterocycles. The molecule has 0 aromatic heterocycles. The summed E-state index contributed by atoms with van der Waals surface area (Å²) < 4.78 is 0. The molecule has 3 rings (SSSR count). The Labute approximate surface area is 183 Å². The number of piperidine rings is 1. The van der Waals surface area contributed by atoms with E-state index < -0.39 is 11.9 Å². The number of hydrogen-bond acceptors (Lipinski definition) is 5. The summed E-state index contributed by atoms with van der Waals surface area (Å²) in [4.78, 5) is 32.9. The second-order valence-electron chi connectivity index (χ2n) is 7.76. The molecule has 8 heteroatoms. The van der Waals surface area contributed by atoms with Crippen molar-refractivity contribution in [3.05, 3.63) is 35.9 Å². The number of anilines is 2. The smallest absolute Gasteiger partial charge is 0.414 e. The number of nitrogens with one attached hydrogen (secondary N) is 2. The lowest BCUT2D eigenvalue weighted by atomic mass is 9.97. The van der Waals surface area contributed by atoms with Crippen molar-refractivity contribution >= 4 is 29.2 Å². The number of rotatable bonds is 7. The SMILES string of the molecule is O=C(CNCCC1=CCCCC1)Nc1ccccc1N1CCCCC1.O=C(O)C(=O)O. The first-order chi connectivity index (χ1) is 15.0. The van der Waals surface area contributed by atoms with Gasteiger partial charge in [-0.1, -0.05) is 23.8 Å². The molecule has 0 atom stereocenters. The maximum Gasteiger partial charge on any atom is 0.414 e. The molecule has 0 spiro atoms. The number of hydrogen-bond donors (Lipinski definition) is 4. The van der Waals surface area contributed by atoms with Crippen LogP contribution in [0, 0.1) is 0 Å². The van der Waals surface area contributed by atoms with Gasteiger partial charge in [-0.3, -0.25) is 4.79 Å². The summed E-state index contributed by atoms with van der Waals surface area (Å²) in [5.74, 6) is -3.60. The summed E-state index contributed by atoms with van der Waals surface area (Å²) in [7, 11) is 0. The van der Waals surface area contributed by atoms with Gasteiger partial charge in [-0.25, -0.2) is 9.59 Å². The predicted octanol–water partition coefficient (Wildman–Crippen LogP) is 3.25. The fourth-order valence-electron chi connectivity index (χ4n) is 3.77. The van der Waals surface area contributed by atoms with Crippen LogP contribution in [0.1, 0.15) is 51.4 Å². The topological polar surface area (TPSA) is 119 Å². The summed E-state index contributed by atoms with van der Waals surface area (Å²) in [6.45, 7) is 3.43. The Bertz CT molecular complexity index is 760. The van der Waals surface area contributed by atoms with E-state index in [4.69, 9.17) is 19.8 Å². The Morgan fingerprint density at radius 1 is 0.935 bits per heavy atom. The maximum atomic E-state index is 12.3. The minimum absolute atomic E-state index is 0.0436. The van der Waals surface area contributed by atoms with Gasteiger partial charge in [0.05, 0.1) is 17.9 Å². The van der Waals surface area contributed by atoms with E-state index in [2.05, 4.69) is 33.7 Å². The van der Waals surface area contributed by atoms with Crippen LogP contribution >= 0.6 is 0 Å². The Kier molecular flexibility index (Phi) is 10.6. The predicted molar refractivity (Wildman–Crippen MR) is 120 cm³/mol. The highest BCUT2D eigenvalue weighted by atomic mass is 16.4. The van der Waals surface area contributed by atoms with Crippen LogP contribution in [-0.2, 0) is 14.4 Å². The molecule has 0 unspecified atom stereocenters. The molecule has 0 saturated carbocycles. The average Bonchev–Trinajstić information content (AvgIpc) is 2.79. The van der Waals surface area contributed by atoms with Gasteiger partial charge in [0.25, 0.3) is 0 Å². The van der Waals surface area contributed by atoms with E-state index in [1.54, 1.807) is 5.57 Å². The molecule has 31 heavy (non-hydrogen) atoms. The highest BCUT2D eigenvalue weighted by molar-refractivity contribution is 6.27. The van der Waals surface area contributed by atoms with Crippen molar-refractivity contribution in [3.8, 4) is 0 Å². The molecule has 1 aromatic rings. The summed E-state index contributed by atoms with van der Waals surface area (Å²) in [5.41, 5.74) is 3.64. The second-order valence-corrected chi connectivity index (χ2v) is 7.76. The lowest BCUT2D eigenvalue weighted by Gasteiger charge is -2.30. The number of aliphatic carboxylic acids is 2. The fourth-order valence-corrected chi connectivity index (χ4v) is 3.77. The van der Waals surface area contributed by atoms with Gasteiger partial charge >= 0.3 is 11.9 Å². The van der Waals surface area contributed by atoms with Crippen LogP contribution in [0.25, 0.3) is 0 Å². The van der Waals surface area contributed by atoms with Crippen LogP contribution in [0.15, 0.2) is 35.9 Å². The van der Waals surface area contributed by atoms with Crippen molar-refractivity contribution < 1.29 is 24.6 Å². The zero-order chi connectivity index (χ0) is 22.5. The van der Waals surface area contributed by atoms with Crippen LogP contribution < -0.4 is 15.5 Å². The highest BCUT2D eigenvalue weighted by Gasteiger charge is 2.15. The van der Waals surface area contributed by atoms with Gasteiger partial charge in [-0.15, -0.1) is 0 Å². The Morgan fingerprint density at radius 2 is 1.65 bits per heavy atom. The minimum Gasteiger partial charge on any atom is -0.473 e. The average molecular weight is 432 g/mol. The van der Waals surface area contributed by atoms with Crippen molar-refractivity contribution in [2.75, 3.05) is 36.4 Å². The number of amides is 1. The number of carboxylic acids is 2. The molecule has 2 aliphatic rings. The molecule has 1 fully saturated rings. The third kappa shape index (κ3) is 9.21. The van der Waals surface area contributed by atoms with Crippen molar-refractivity contribution in [2.24, 2.45) is 0 Å². The van der Waals surface area contributed by atoms with Crippen molar-refractivity contribution in [2.45, 2.75) is 51.4 Å². The number of allylic oxidation sites excluding steroid dienone is 1. The Morgan fingerprint density at radius 3 is 2.29 bits per heavy atom. The molecular weight excluding hydrogens is 398 g/mol. The van der Waals surface area contributed by atoms with E-state index in [9.17, 15) is 4.79 Å².